The van der Waals surface area contributed by atoms with Crippen molar-refractivity contribution in [1.82, 2.24) is 25.4 Å². The van der Waals surface area contributed by atoms with E-state index in [1.54, 1.807) is 7.05 Å². The Morgan fingerprint density at radius 3 is 2.83 bits per heavy atom. The highest BCUT2D eigenvalue weighted by atomic mass is 15.3. The SMILES string of the molecule is CN=C(NCc1ccc(C)cc1C)NCc1nnc2n1CCC2. The zero-order valence-electron chi connectivity index (χ0n) is 14.1. The van der Waals surface area contributed by atoms with Crippen molar-refractivity contribution in [2.45, 2.75) is 46.3 Å². The Balaban J connectivity index is 1.56. The molecule has 0 saturated carbocycles. The van der Waals surface area contributed by atoms with E-state index in [4.69, 9.17) is 0 Å². The molecule has 6 heteroatoms. The fourth-order valence-corrected chi connectivity index (χ4v) is 2.95. The highest BCUT2D eigenvalue weighted by molar-refractivity contribution is 5.79. The van der Waals surface area contributed by atoms with Gasteiger partial charge in [-0.05, 0) is 31.4 Å². The standard InChI is InChI=1S/C17H24N6/c1-12-6-7-14(13(2)9-12)10-19-17(18-3)20-11-16-22-21-15-5-4-8-23(15)16/h6-7,9H,4-5,8,10-11H2,1-3H3,(H2,18,19,20). The van der Waals surface area contributed by atoms with Gasteiger partial charge in [0.15, 0.2) is 11.8 Å². The molecule has 122 valence electrons. The molecule has 0 aliphatic carbocycles. The summed E-state index contributed by atoms with van der Waals surface area (Å²) in [7, 11) is 1.78. The number of nitrogens with zero attached hydrogens (tertiary/aromatic N) is 4. The van der Waals surface area contributed by atoms with Crippen LogP contribution >= 0.6 is 0 Å². The van der Waals surface area contributed by atoms with Crippen molar-refractivity contribution in [3.05, 3.63) is 46.5 Å². The number of fused-ring (bicyclic) bond motifs is 1. The van der Waals surface area contributed by atoms with Gasteiger partial charge in [-0.25, -0.2) is 0 Å². The summed E-state index contributed by atoms with van der Waals surface area (Å²) in [5.41, 5.74) is 3.86. The Bertz CT molecular complexity index is 716. The summed E-state index contributed by atoms with van der Waals surface area (Å²) in [6.45, 7) is 6.67. The van der Waals surface area contributed by atoms with Crippen LogP contribution in [-0.2, 0) is 26.1 Å². The van der Waals surface area contributed by atoms with Crippen LogP contribution in [-0.4, -0.2) is 27.8 Å². The molecule has 0 spiro atoms. The Labute approximate surface area is 137 Å². The first kappa shape index (κ1) is 15.5. The second-order valence-corrected chi connectivity index (χ2v) is 6.00. The Morgan fingerprint density at radius 2 is 2.04 bits per heavy atom. The molecule has 2 aromatic rings. The molecule has 0 bridgehead atoms. The second-order valence-electron chi connectivity index (χ2n) is 6.00. The molecule has 1 aromatic carbocycles. The summed E-state index contributed by atoms with van der Waals surface area (Å²) in [6.07, 6.45) is 2.20. The van der Waals surface area contributed by atoms with E-state index in [0.29, 0.717) is 6.54 Å². The molecular formula is C17H24N6. The van der Waals surface area contributed by atoms with Crippen LogP contribution in [0.4, 0.5) is 0 Å². The third kappa shape index (κ3) is 3.52. The maximum Gasteiger partial charge on any atom is 0.191 e. The maximum atomic E-state index is 4.28. The van der Waals surface area contributed by atoms with Crippen LogP contribution in [0.2, 0.25) is 0 Å². The number of aromatic nitrogens is 3. The lowest BCUT2D eigenvalue weighted by molar-refractivity contribution is 0.662. The van der Waals surface area contributed by atoms with E-state index >= 15 is 0 Å². The fraction of sp³-hybridized carbons (Fsp3) is 0.471. The summed E-state index contributed by atoms with van der Waals surface area (Å²) < 4.78 is 2.20. The van der Waals surface area contributed by atoms with E-state index in [1.807, 2.05) is 0 Å². The van der Waals surface area contributed by atoms with Crippen molar-refractivity contribution in [3.8, 4) is 0 Å². The summed E-state index contributed by atoms with van der Waals surface area (Å²) in [4.78, 5) is 4.28. The minimum Gasteiger partial charge on any atom is -0.352 e. The van der Waals surface area contributed by atoms with Gasteiger partial charge in [0, 0.05) is 26.6 Å². The van der Waals surface area contributed by atoms with Crippen LogP contribution in [0.3, 0.4) is 0 Å². The van der Waals surface area contributed by atoms with Gasteiger partial charge >= 0.3 is 0 Å². The third-order valence-electron chi connectivity index (χ3n) is 4.27. The lowest BCUT2D eigenvalue weighted by Gasteiger charge is -2.13. The summed E-state index contributed by atoms with van der Waals surface area (Å²) >= 11 is 0. The van der Waals surface area contributed by atoms with E-state index in [1.165, 1.54) is 16.7 Å². The van der Waals surface area contributed by atoms with Gasteiger partial charge in [-0.1, -0.05) is 23.8 Å². The van der Waals surface area contributed by atoms with E-state index in [0.717, 1.165) is 43.5 Å². The topological polar surface area (TPSA) is 67.1 Å². The summed E-state index contributed by atoms with van der Waals surface area (Å²) in [5, 5.41) is 15.2. The molecule has 0 fully saturated rings. The van der Waals surface area contributed by atoms with Crippen LogP contribution < -0.4 is 10.6 Å². The zero-order chi connectivity index (χ0) is 16.2. The van der Waals surface area contributed by atoms with Gasteiger partial charge in [0.1, 0.15) is 5.82 Å². The Kier molecular flexibility index (Phi) is 4.60. The van der Waals surface area contributed by atoms with Crippen molar-refractivity contribution < 1.29 is 0 Å². The molecular weight excluding hydrogens is 288 g/mol. The minimum atomic E-state index is 0.638. The van der Waals surface area contributed by atoms with Gasteiger partial charge in [-0.15, -0.1) is 10.2 Å². The van der Waals surface area contributed by atoms with E-state index in [2.05, 4.69) is 62.4 Å². The normalized spacial score (nSPS) is 14.0. The van der Waals surface area contributed by atoms with Crippen molar-refractivity contribution in [3.63, 3.8) is 0 Å². The van der Waals surface area contributed by atoms with E-state index < -0.39 is 0 Å². The third-order valence-corrected chi connectivity index (χ3v) is 4.27. The number of benzene rings is 1. The van der Waals surface area contributed by atoms with Gasteiger partial charge in [-0.2, -0.15) is 0 Å². The number of hydrogen-bond donors (Lipinski definition) is 2. The molecule has 0 saturated heterocycles. The van der Waals surface area contributed by atoms with Crippen molar-refractivity contribution in [2.75, 3.05) is 7.05 Å². The predicted octanol–water partition coefficient (Wildman–Crippen LogP) is 1.71. The van der Waals surface area contributed by atoms with Gasteiger partial charge in [0.2, 0.25) is 0 Å². The first-order valence-electron chi connectivity index (χ1n) is 8.09. The molecule has 0 amide bonds. The van der Waals surface area contributed by atoms with E-state index in [-0.39, 0.29) is 0 Å². The predicted molar refractivity (Wildman–Crippen MR) is 91.3 cm³/mol. The maximum absolute atomic E-state index is 4.28. The zero-order valence-corrected chi connectivity index (χ0v) is 14.1. The molecule has 0 radical (unpaired) electrons. The van der Waals surface area contributed by atoms with Crippen LogP contribution in [0.15, 0.2) is 23.2 Å². The number of nitrogens with one attached hydrogen (secondary N) is 2. The highest BCUT2D eigenvalue weighted by Crippen LogP contribution is 2.13. The number of aryl methyl sites for hydroxylation is 3. The molecule has 3 rings (SSSR count). The van der Waals surface area contributed by atoms with Gasteiger partial charge < -0.3 is 15.2 Å². The number of guanidine groups is 1. The highest BCUT2D eigenvalue weighted by Gasteiger charge is 2.17. The molecule has 0 unspecified atom stereocenters. The molecule has 1 aromatic heterocycles. The first-order chi connectivity index (χ1) is 11.2. The molecule has 0 atom stereocenters. The van der Waals surface area contributed by atoms with Crippen molar-refractivity contribution in [2.24, 2.45) is 4.99 Å². The molecule has 6 nitrogen and oxygen atoms in total. The van der Waals surface area contributed by atoms with Crippen LogP contribution in [0.25, 0.3) is 0 Å². The number of rotatable bonds is 4. The van der Waals surface area contributed by atoms with Crippen LogP contribution in [0.5, 0.6) is 0 Å². The first-order valence-corrected chi connectivity index (χ1v) is 8.09. The fourth-order valence-electron chi connectivity index (χ4n) is 2.95. The average Bonchev–Trinajstić information content (AvgIpc) is 3.13. The lowest BCUT2D eigenvalue weighted by atomic mass is 10.1. The second kappa shape index (κ2) is 6.81. The number of aliphatic imine (C=N–C) groups is 1. The minimum absolute atomic E-state index is 0.638. The van der Waals surface area contributed by atoms with Crippen molar-refractivity contribution in [1.29, 1.82) is 0 Å². The summed E-state index contributed by atoms with van der Waals surface area (Å²) in [5.74, 6) is 2.85. The van der Waals surface area contributed by atoms with Gasteiger partial charge in [0.25, 0.3) is 0 Å². The smallest absolute Gasteiger partial charge is 0.191 e. The Hall–Kier alpha value is -2.37. The molecule has 1 aliphatic rings. The quantitative estimate of drug-likeness (QED) is 0.666. The number of hydrogen-bond acceptors (Lipinski definition) is 3. The molecule has 2 N–H and O–H groups in total. The lowest BCUT2D eigenvalue weighted by Crippen LogP contribution is -2.37. The molecule has 23 heavy (non-hydrogen) atoms. The Morgan fingerprint density at radius 1 is 1.22 bits per heavy atom. The van der Waals surface area contributed by atoms with Crippen molar-refractivity contribution >= 4 is 5.96 Å². The van der Waals surface area contributed by atoms with E-state index in [9.17, 15) is 0 Å². The molecule has 2 heterocycles. The van der Waals surface area contributed by atoms with Gasteiger partial charge in [0.05, 0.1) is 6.54 Å². The average molecular weight is 312 g/mol. The monoisotopic (exact) mass is 312 g/mol. The van der Waals surface area contributed by atoms with Gasteiger partial charge in [-0.3, -0.25) is 4.99 Å². The largest absolute Gasteiger partial charge is 0.352 e. The summed E-state index contributed by atoms with van der Waals surface area (Å²) in [6, 6.07) is 6.50. The molecule has 1 aliphatic heterocycles. The van der Waals surface area contributed by atoms with Crippen LogP contribution in [0.1, 0.15) is 34.8 Å². The van der Waals surface area contributed by atoms with Crippen LogP contribution in [0, 0.1) is 13.8 Å².